The summed E-state index contributed by atoms with van der Waals surface area (Å²) in [6.07, 6.45) is 0. The van der Waals surface area contributed by atoms with Gasteiger partial charge in [0.15, 0.2) is 0 Å². The Balaban J connectivity index is 1.51. The molecule has 0 aliphatic heterocycles. The topological polar surface area (TPSA) is 15.8 Å². The molecule has 0 fully saturated rings. The van der Waals surface area contributed by atoms with E-state index >= 15 is 0 Å². The molecule has 8 rings (SSSR count). The maximum atomic E-state index is 3.71. The summed E-state index contributed by atoms with van der Waals surface area (Å²) in [5, 5.41) is 7.61. The molecule has 0 aliphatic carbocycles. The molecular formula is C38H25N. The largest absolute Gasteiger partial charge is 0.354 e. The van der Waals surface area contributed by atoms with Crippen LogP contribution in [0.15, 0.2) is 146 Å². The second-order valence-corrected chi connectivity index (χ2v) is 10.2. The van der Waals surface area contributed by atoms with Crippen LogP contribution in [0.25, 0.3) is 76.7 Å². The average Bonchev–Trinajstić information content (AvgIpc) is 3.39. The van der Waals surface area contributed by atoms with Crippen molar-refractivity contribution in [2.24, 2.45) is 0 Å². The van der Waals surface area contributed by atoms with E-state index < -0.39 is 0 Å². The van der Waals surface area contributed by atoms with Crippen molar-refractivity contribution >= 4 is 43.4 Å². The van der Waals surface area contributed by atoms with Crippen LogP contribution in [0.3, 0.4) is 0 Å². The van der Waals surface area contributed by atoms with Gasteiger partial charge in [-0.25, -0.2) is 0 Å². The Kier molecular flexibility index (Phi) is 4.89. The lowest BCUT2D eigenvalue weighted by Gasteiger charge is -2.19. The van der Waals surface area contributed by atoms with Gasteiger partial charge in [-0.2, -0.15) is 0 Å². The number of fused-ring (bicyclic) bond motifs is 5. The summed E-state index contributed by atoms with van der Waals surface area (Å²) >= 11 is 0. The molecule has 0 saturated carbocycles. The van der Waals surface area contributed by atoms with Crippen LogP contribution in [0.4, 0.5) is 0 Å². The Labute approximate surface area is 227 Å². The van der Waals surface area contributed by atoms with Crippen LogP contribution < -0.4 is 0 Å². The van der Waals surface area contributed by atoms with E-state index in [2.05, 4.69) is 151 Å². The lowest BCUT2D eigenvalue weighted by molar-refractivity contribution is 1.54. The Bertz CT molecular complexity index is 2150. The molecule has 0 spiro atoms. The molecule has 0 saturated heterocycles. The zero-order chi connectivity index (χ0) is 25.8. The smallest absolute Gasteiger partial charge is 0.0544 e. The first-order valence-electron chi connectivity index (χ1n) is 13.5. The SMILES string of the molecule is c1ccc(-c2c3ccccc3c(-c3ccccc3)c3cc(-c4cccc5c4[nH]c4ccccc45)ccc23)cc1. The van der Waals surface area contributed by atoms with Crippen LogP contribution in [0.5, 0.6) is 0 Å². The third kappa shape index (κ3) is 3.41. The van der Waals surface area contributed by atoms with E-state index in [1.165, 1.54) is 76.7 Å². The predicted molar refractivity (Wildman–Crippen MR) is 167 cm³/mol. The number of hydrogen-bond donors (Lipinski definition) is 1. The number of H-pyrrole nitrogens is 1. The molecule has 1 N–H and O–H groups in total. The second-order valence-electron chi connectivity index (χ2n) is 10.2. The number of para-hydroxylation sites is 2. The van der Waals surface area contributed by atoms with Gasteiger partial charge in [-0.15, -0.1) is 0 Å². The molecular weight excluding hydrogens is 470 g/mol. The molecule has 0 aliphatic rings. The van der Waals surface area contributed by atoms with Gasteiger partial charge >= 0.3 is 0 Å². The molecule has 39 heavy (non-hydrogen) atoms. The quantitative estimate of drug-likeness (QED) is 0.235. The Hall–Kier alpha value is -5.14. The Morgan fingerprint density at radius 2 is 0.872 bits per heavy atom. The van der Waals surface area contributed by atoms with Gasteiger partial charge in [0, 0.05) is 21.9 Å². The average molecular weight is 496 g/mol. The van der Waals surface area contributed by atoms with E-state index in [9.17, 15) is 0 Å². The summed E-state index contributed by atoms with van der Waals surface area (Å²) < 4.78 is 0. The van der Waals surface area contributed by atoms with E-state index in [-0.39, 0.29) is 0 Å². The van der Waals surface area contributed by atoms with Crippen molar-refractivity contribution in [1.29, 1.82) is 0 Å². The molecule has 182 valence electrons. The monoisotopic (exact) mass is 495 g/mol. The van der Waals surface area contributed by atoms with Gasteiger partial charge in [0.2, 0.25) is 0 Å². The minimum absolute atomic E-state index is 1.17. The maximum absolute atomic E-state index is 3.71. The van der Waals surface area contributed by atoms with E-state index in [0.29, 0.717) is 0 Å². The minimum atomic E-state index is 1.17. The highest BCUT2D eigenvalue weighted by Gasteiger charge is 2.18. The normalized spacial score (nSPS) is 11.6. The van der Waals surface area contributed by atoms with Crippen molar-refractivity contribution in [2.45, 2.75) is 0 Å². The Morgan fingerprint density at radius 1 is 0.333 bits per heavy atom. The molecule has 0 atom stereocenters. The van der Waals surface area contributed by atoms with Crippen molar-refractivity contribution in [3.8, 4) is 33.4 Å². The van der Waals surface area contributed by atoms with Crippen LogP contribution in [-0.2, 0) is 0 Å². The lowest BCUT2D eigenvalue weighted by atomic mass is 9.85. The summed E-state index contributed by atoms with van der Waals surface area (Å²) in [6, 6.07) is 52.7. The summed E-state index contributed by atoms with van der Waals surface area (Å²) in [4.78, 5) is 3.71. The molecule has 7 aromatic carbocycles. The lowest BCUT2D eigenvalue weighted by Crippen LogP contribution is -1.91. The number of benzene rings is 7. The van der Waals surface area contributed by atoms with Crippen molar-refractivity contribution in [3.63, 3.8) is 0 Å². The fourth-order valence-corrected chi connectivity index (χ4v) is 6.29. The van der Waals surface area contributed by atoms with Gasteiger partial charge in [0.05, 0.1) is 5.52 Å². The van der Waals surface area contributed by atoms with E-state index in [0.717, 1.165) is 0 Å². The Morgan fingerprint density at radius 3 is 1.56 bits per heavy atom. The number of nitrogens with one attached hydrogen (secondary N) is 1. The van der Waals surface area contributed by atoms with Gasteiger partial charge < -0.3 is 4.98 Å². The third-order valence-electron chi connectivity index (χ3n) is 8.00. The van der Waals surface area contributed by atoms with Crippen LogP contribution in [-0.4, -0.2) is 4.98 Å². The molecule has 1 nitrogen and oxygen atoms in total. The van der Waals surface area contributed by atoms with Crippen LogP contribution in [0.1, 0.15) is 0 Å². The second kappa shape index (κ2) is 8.72. The molecule has 1 heterocycles. The molecule has 0 bridgehead atoms. The predicted octanol–water partition coefficient (Wildman–Crippen LogP) is 10.6. The first-order valence-corrected chi connectivity index (χ1v) is 13.5. The molecule has 1 aromatic heterocycles. The summed E-state index contributed by atoms with van der Waals surface area (Å²) in [5.41, 5.74) is 9.84. The van der Waals surface area contributed by atoms with Crippen molar-refractivity contribution in [3.05, 3.63) is 146 Å². The maximum Gasteiger partial charge on any atom is 0.0544 e. The van der Waals surface area contributed by atoms with Gasteiger partial charge in [-0.1, -0.05) is 133 Å². The summed E-state index contributed by atoms with van der Waals surface area (Å²) in [5.74, 6) is 0. The zero-order valence-corrected chi connectivity index (χ0v) is 21.4. The molecule has 0 unspecified atom stereocenters. The highest BCUT2D eigenvalue weighted by atomic mass is 14.7. The first kappa shape index (κ1) is 21.9. The van der Waals surface area contributed by atoms with E-state index in [1.54, 1.807) is 0 Å². The van der Waals surface area contributed by atoms with Crippen molar-refractivity contribution in [2.75, 3.05) is 0 Å². The van der Waals surface area contributed by atoms with Gasteiger partial charge in [0.1, 0.15) is 0 Å². The highest BCUT2D eigenvalue weighted by molar-refractivity contribution is 6.22. The van der Waals surface area contributed by atoms with E-state index in [1.807, 2.05) is 0 Å². The first-order chi connectivity index (χ1) is 19.4. The zero-order valence-electron chi connectivity index (χ0n) is 21.4. The molecule has 8 aromatic rings. The number of rotatable bonds is 3. The number of aromatic nitrogens is 1. The van der Waals surface area contributed by atoms with Gasteiger partial charge in [-0.05, 0) is 61.5 Å². The number of hydrogen-bond acceptors (Lipinski definition) is 0. The fraction of sp³-hybridized carbons (Fsp3) is 0. The minimum Gasteiger partial charge on any atom is -0.354 e. The van der Waals surface area contributed by atoms with Crippen LogP contribution >= 0.6 is 0 Å². The summed E-state index contributed by atoms with van der Waals surface area (Å²) in [7, 11) is 0. The molecule has 0 amide bonds. The van der Waals surface area contributed by atoms with E-state index in [4.69, 9.17) is 0 Å². The standard InChI is InChI=1S/C38H25N/c1-3-12-25(13-4-1)36-30-17-7-8-18-31(30)37(26-14-5-2-6-15-26)34-24-27(22-23-32(34)36)28-19-11-20-33-29-16-9-10-21-35(29)39-38(28)33/h1-24,39H. The van der Waals surface area contributed by atoms with Crippen molar-refractivity contribution in [1.82, 2.24) is 4.98 Å². The van der Waals surface area contributed by atoms with Gasteiger partial charge in [0.25, 0.3) is 0 Å². The highest BCUT2D eigenvalue weighted by Crippen LogP contribution is 2.45. The molecule has 0 radical (unpaired) electrons. The van der Waals surface area contributed by atoms with Gasteiger partial charge in [-0.3, -0.25) is 0 Å². The third-order valence-corrected chi connectivity index (χ3v) is 8.00. The van der Waals surface area contributed by atoms with Crippen molar-refractivity contribution < 1.29 is 0 Å². The number of aromatic amines is 1. The van der Waals surface area contributed by atoms with Crippen LogP contribution in [0.2, 0.25) is 0 Å². The molecule has 1 heteroatoms. The van der Waals surface area contributed by atoms with Crippen LogP contribution in [0, 0.1) is 0 Å². The summed E-state index contributed by atoms with van der Waals surface area (Å²) in [6.45, 7) is 0. The fourth-order valence-electron chi connectivity index (χ4n) is 6.29.